The Labute approximate surface area is 118 Å². The maximum absolute atomic E-state index is 12.4. The van der Waals surface area contributed by atoms with E-state index < -0.39 is 16.1 Å². The molecular weight excluding hydrogens is 278 g/mol. The zero-order valence-corrected chi connectivity index (χ0v) is 12.2. The molecule has 6 heteroatoms. The molecule has 2 rings (SSSR count). The van der Waals surface area contributed by atoms with E-state index in [9.17, 15) is 13.5 Å². The average Bonchev–Trinajstić information content (AvgIpc) is 2.91. The van der Waals surface area contributed by atoms with Crippen LogP contribution in [0.2, 0.25) is 0 Å². The van der Waals surface area contributed by atoms with E-state index in [-0.39, 0.29) is 11.4 Å². The summed E-state index contributed by atoms with van der Waals surface area (Å²) in [6, 6.07) is 9.65. The van der Waals surface area contributed by atoms with Crippen LogP contribution in [-0.4, -0.2) is 24.9 Å². The van der Waals surface area contributed by atoms with Crippen LogP contribution in [-0.2, 0) is 16.6 Å². The van der Waals surface area contributed by atoms with E-state index in [1.807, 2.05) is 0 Å². The van der Waals surface area contributed by atoms with Gasteiger partial charge in [0.2, 0.25) is 10.0 Å². The van der Waals surface area contributed by atoms with Crippen LogP contribution >= 0.6 is 0 Å². The quantitative estimate of drug-likeness (QED) is 0.917. The van der Waals surface area contributed by atoms with Gasteiger partial charge >= 0.3 is 0 Å². The van der Waals surface area contributed by atoms with Gasteiger partial charge in [-0.15, -0.1) is 0 Å². The number of rotatable bonds is 5. The largest absolute Gasteiger partial charge is 0.468 e. The van der Waals surface area contributed by atoms with Crippen LogP contribution < -0.4 is 0 Å². The van der Waals surface area contributed by atoms with Crippen LogP contribution in [0.4, 0.5) is 0 Å². The highest BCUT2D eigenvalue weighted by atomic mass is 32.2. The van der Waals surface area contributed by atoms with Crippen LogP contribution in [0, 0.1) is 0 Å². The van der Waals surface area contributed by atoms with Gasteiger partial charge in [-0.05, 0) is 36.8 Å². The number of hydrogen-bond donors (Lipinski definition) is 1. The fourth-order valence-corrected chi connectivity index (χ4v) is 2.94. The minimum Gasteiger partial charge on any atom is -0.468 e. The maximum atomic E-state index is 12.4. The van der Waals surface area contributed by atoms with E-state index in [0.717, 1.165) is 0 Å². The molecule has 0 saturated heterocycles. The lowest BCUT2D eigenvalue weighted by Crippen LogP contribution is -2.26. The summed E-state index contributed by atoms with van der Waals surface area (Å²) in [6.45, 7) is 1.81. The minimum atomic E-state index is -3.57. The van der Waals surface area contributed by atoms with Crippen molar-refractivity contribution >= 4 is 10.0 Å². The fraction of sp³-hybridized carbons (Fsp3) is 0.286. The van der Waals surface area contributed by atoms with E-state index in [0.29, 0.717) is 11.3 Å². The molecule has 1 aromatic carbocycles. The van der Waals surface area contributed by atoms with Gasteiger partial charge in [0, 0.05) is 7.05 Å². The molecule has 0 saturated carbocycles. The van der Waals surface area contributed by atoms with Gasteiger partial charge in [-0.2, -0.15) is 4.31 Å². The van der Waals surface area contributed by atoms with Gasteiger partial charge < -0.3 is 9.52 Å². The van der Waals surface area contributed by atoms with E-state index in [4.69, 9.17) is 4.42 Å². The van der Waals surface area contributed by atoms with Crippen LogP contribution in [0.5, 0.6) is 0 Å². The van der Waals surface area contributed by atoms with Crippen molar-refractivity contribution in [3.8, 4) is 0 Å². The van der Waals surface area contributed by atoms with E-state index >= 15 is 0 Å². The highest BCUT2D eigenvalue weighted by Crippen LogP contribution is 2.20. The Morgan fingerprint density at radius 1 is 1.25 bits per heavy atom. The molecule has 0 aliphatic carbocycles. The number of sulfonamides is 1. The Balaban J connectivity index is 2.21. The predicted octanol–water partition coefficient (Wildman–Crippen LogP) is 2.15. The molecule has 5 nitrogen and oxygen atoms in total. The summed E-state index contributed by atoms with van der Waals surface area (Å²) in [7, 11) is -2.07. The molecule has 1 aromatic heterocycles. The molecule has 0 aliphatic heterocycles. The molecule has 0 fully saturated rings. The molecule has 0 radical (unpaired) electrons. The van der Waals surface area contributed by atoms with Crippen molar-refractivity contribution < 1.29 is 17.9 Å². The summed E-state index contributed by atoms with van der Waals surface area (Å²) in [5, 5.41) is 9.43. The second-order valence-electron chi connectivity index (χ2n) is 4.59. The molecule has 20 heavy (non-hydrogen) atoms. The van der Waals surface area contributed by atoms with Crippen LogP contribution in [0.3, 0.4) is 0 Å². The third-order valence-electron chi connectivity index (χ3n) is 3.03. The van der Waals surface area contributed by atoms with Crippen LogP contribution in [0.15, 0.2) is 52.0 Å². The Kier molecular flexibility index (Phi) is 4.27. The molecule has 1 atom stereocenters. The van der Waals surface area contributed by atoms with Gasteiger partial charge in [0.1, 0.15) is 5.76 Å². The summed E-state index contributed by atoms with van der Waals surface area (Å²) < 4.78 is 31.1. The highest BCUT2D eigenvalue weighted by Gasteiger charge is 2.21. The second-order valence-corrected chi connectivity index (χ2v) is 6.63. The van der Waals surface area contributed by atoms with E-state index in [1.165, 1.54) is 29.7 Å². The number of nitrogens with zero attached hydrogens (tertiary/aromatic N) is 1. The van der Waals surface area contributed by atoms with Crippen molar-refractivity contribution in [1.82, 2.24) is 4.31 Å². The first-order valence-electron chi connectivity index (χ1n) is 6.18. The summed E-state index contributed by atoms with van der Waals surface area (Å²) >= 11 is 0. The minimum absolute atomic E-state index is 0.174. The molecule has 1 heterocycles. The molecular formula is C14H17NO4S. The third-order valence-corrected chi connectivity index (χ3v) is 4.85. The van der Waals surface area contributed by atoms with Gasteiger partial charge in [-0.25, -0.2) is 8.42 Å². The molecule has 0 spiro atoms. The van der Waals surface area contributed by atoms with Crippen molar-refractivity contribution in [2.24, 2.45) is 0 Å². The molecule has 0 amide bonds. The smallest absolute Gasteiger partial charge is 0.243 e. The van der Waals surface area contributed by atoms with Crippen molar-refractivity contribution in [2.75, 3.05) is 7.05 Å². The maximum Gasteiger partial charge on any atom is 0.243 e. The first-order chi connectivity index (χ1) is 9.41. The lowest BCUT2D eigenvalue weighted by Gasteiger charge is -2.16. The lowest BCUT2D eigenvalue weighted by molar-refractivity contribution is 0.199. The molecule has 2 aromatic rings. The summed E-state index contributed by atoms with van der Waals surface area (Å²) in [6.07, 6.45) is 0.889. The van der Waals surface area contributed by atoms with Gasteiger partial charge in [-0.3, -0.25) is 0 Å². The van der Waals surface area contributed by atoms with Gasteiger partial charge in [0.25, 0.3) is 0 Å². The van der Waals surface area contributed by atoms with Gasteiger partial charge in [0.15, 0.2) is 0 Å². The molecule has 1 unspecified atom stereocenters. The monoisotopic (exact) mass is 295 g/mol. The predicted molar refractivity (Wildman–Crippen MR) is 74.4 cm³/mol. The van der Waals surface area contributed by atoms with Crippen molar-refractivity contribution in [3.05, 3.63) is 54.0 Å². The average molecular weight is 295 g/mol. The van der Waals surface area contributed by atoms with Crippen molar-refractivity contribution in [1.29, 1.82) is 0 Å². The number of aliphatic hydroxyl groups is 1. The van der Waals surface area contributed by atoms with E-state index in [2.05, 4.69) is 0 Å². The van der Waals surface area contributed by atoms with E-state index in [1.54, 1.807) is 31.2 Å². The molecule has 108 valence electrons. The van der Waals surface area contributed by atoms with Crippen molar-refractivity contribution in [2.45, 2.75) is 24.5 Å². The third kappa shape index (κ3) is 3.09. The standard InChI is InChI=1S/C14H17NO4S/c1-11(16)12-5-7-14(8-6-12)20(17,18)15(2)10-13-4-3-9-19-13/h3-9,11,16H,10H2,1-2H3. The lowest BCUT2D eigenvalue weighted by atomic mass is 10.1. The Morgan fingerprint density at radius 3 is 2.40 bits per heavy atom. The van der Waals surface area contributed by atoms with Gasteiger partial charge in [-0.1, -0.05) is 12.1 Å². The molecule has 0 aliphatic rings. The number of aliphatic hydroxyl groups excluding tert-OH is 1. The molecule has 0 bridgehead atoms. The Morgan fingerprint density at radius 2 is 1.90 bits per heavy atom. The normalized spacial score (nSPS) is 13.6. The van der Waals surface area contributed by atoms with Crippen molar-refractivity contribution in [3.63, 3.8) is 0 Å². The summed E-state index contributed by atoms with van der Waals surface area (Å²) in [5.41, 5.74) is 0.678. The number of benzene rings is 1. The first-order valence-corrected chi connectivity index (χ1v) is 7.62. The van der Waals surface area contributed by atoms with Crippen LogP contribution in [0.25, 0.3) is 0 Å². The van der Waals surface area contributed by atoms with Crippen LogP contribution in [0.1, 0.15) is 24.4 Å². The van der Waals surface area contributed by atoms with Gasteiger partial charge in [0.05, 0.1) is 23.8 Å². The number of furan rings is 1. The highest BCUT2D eigenvalue weighted by molar-refractivity contribution is 7.89. The zero-order valence-electron chi connectivity index (χ0n) is 11.4. The fourth-order valence-electron chi connectivity index (χ4n) is 1.81. The zero-order chi connectivity index (χ0) is 14.8. The topological polar surface area (TPSA) is 70.8 Å². The SMILES string of the molecule is CC(O)c1ccc(S(=O)(=O)N(C)Cc2ccco2)cc1. The summed E-state index contributed by atoms with van der Waals surface area (Å²) in [5.74, 6) is 0.580. The number of hydrogen-bond acceptors (Lipinski definition) is 4. The first kappa shape index (κ1) is 14.8. The Hall–Kier alpha value is -1.63. The molecule has 1 N–H and O–H groups in total. The summed E-state index contributed by atoms with van der Waals surface area (Å²) in [4.78, 5) is 0.191. The second kappa shape index (κ2) is 5.78. The Bertz CT molecular complexity index is 645.